The first-order valence-corrected chi connectivity index (χ1v) is 8.50. The van der Waals surface area contributed by atoms with Crippen LogP contribution in [0.4, 0.5) is 0 Å². The molecule has 0 bridgehead atoms. The van der Waals surface area contributed by atoms with Crippen molar-refractivity contribution in [2.24, 2.45) is 0 Å². The molecule has 1 N–H and O–H groups in total. The second kappa shape index (κ2) is 8.73. The predicted molar refractivity (Wildman–Crippen MR) is 95.6 cm³/mol. The molecule has 0 radical (unpaired) electrons. The zero-order valence-corrected chi connectivity index (χ0v) is 14.6. The number of aromatic amines is 1. The predicted octanol–water partition coefficient (Wildman–Crippen LogP) is 3.47. The Labute approximate surface area is 139 Å². The van der Waals surface area contributed by atoms with E-state index < -0.39 is 0 Å². The lowest BCUT2D eigenvalue weighted by Gasteiger charge is -2.34. The first-order chi connectivity index (χ1) is 11.1. The Hall–Kier alpha value is -1.81. The Bertz CT molecular complexity index is 545. The Balaban J connectivity index is 1.72. The summed E-state index contributed by atoms with van der Waals surface area (Å²) in [5.41, 5.74) is 3.53. The van der Waals surface area contributed by atoms with E-state index in [-0.39, 0.29) is 5.91 Å². The van der Waals surface area contributed by atoms with Crippen LogP contribution in [0.15, 0.2) is 41.6 Å². The lowest BCUT2D eigenvalue weighted by atomic mass is 10.1. The molecule has 0 spiro atoms. The summed E-state index contributed by atoms with van der Waals surface area (Å²) in [5, 5.41) is 0. The van der Waals surface area contributed by atoms with Crippen molar-refractivity contribution in [3.63, 3.8) is 0 Å². The molecule has 4 nitrogen and oxygen atoms in total. The molecule has 1 fully saturated rings. The smallest absolute Gasteiger partial charge is 0.270 e. The molecular weight excluding hydrogens is 286 g/mol. The van der Waals surface area contributed by atoms with Gasteiger partial charge >= 0.3 is 0 Å². The molecule has 2 rings (SSSR count). The number of hydrogen-bond acceptors (Lipinski definition) is 2. The average molecular weight is 315 g/mol. The molecule has 2 heterocycles. The third-order valence-electron chi connectivity index (χ3n) is 4.28. The molecule has 0 saturated carbocycles. The van der Waals surface area contributed by atoms with Gasteiger partial charge in [-0.3, -0.25) is 9.69 Å². The summed E-state index contributed by atoms with van der Waals surface area (Å²) in [6.45, 7) is 11.0. The molecule has 4 heteroatoms. The SMILES string of the molecule is CC(C)=CCCC(C)=CCN1CCN(C(=O)c2ccc[nH]2)CC1. The van der Waals surface area contributed by atoms with Crippen LogP contribution in [0.3, 0.4) is 0 Å². The number of piperazine rings is 1. The van der Waals surface area contributed by atoms with Crippen LogP contribution in [0.5, 0.6) is 0 Å². The van der Waals surface area contributed by atoms with Crippen LogP contribution >= 0.6 is 0 Å². The molecule has 126 valence electrons. The maximum absolute atomic E-state index is 12.3. The fraction of sp³-hybridized carbons (Fsp3) is 0.526. The number of carbonyl (C=O) groups is 1. The Morgan fingerprint density at radius 3 is 2.52 bits per heavy atom. The number of amides is 1. The number of aromatic nitrogens is 1. The molecule has 1 amide bonds. The van der Waals surface area contributed by atoms with E-state index in [9.17, 15) is 4.79 Å². The zero-order chi connectivity index (χ0) is 16.7. The maximum atomic E-state index is 12.3. The van der Waals surface area contributed by atoms with Crippen LogP contribution in [0, 0.1) is 0 Å². The van der Waals surface area contributed by atoms with Crippen molar-refractivity contribution in [1.82, 2.24) is 14.8 Å². The minimum Gasteiger partial charge on any atom is -0.357 e. The van der Waals surface area contributed by atoms with E-state index >= 15 is 0 Å². The van der Waals surface area contributed by atoms with Gasteiger partial charge in [-0.05, 0) is 45.7 Å². The Kier molecular flexibility index (Phi) is 6.66. The van der Waals surface area contributed by atoms with Gasteiger partial charge in [0.1, 0.15) is 5.69 Å². The van der Waals surface area contributed by atoms with E-state index in [0.717, 1.165) is 45.6 Å². The molecule has 0 unspecified atom stereocenters. The molecule has 1 aliphatic heterocycles. The lowest BCUT2D eigenvalue weighted by molar-refractivity contribution is 0.0645. The minimum absolute atomic E-state index is 0.114. The van der Waals surface area contributed by atoms with Gasteiger partial charge in [-0.15, -0.1) is 0 Å². The molecule has 0 aliphatic carbocycles. The number of nitrogens with zero attached hydrogens (tertiary/aromatic N) is 2. The fourth-order valence-electron chi connectivity index (χ4n) is 2.74. The number of H-pyrrole nitrogens is 1. The zero-order valence-electron chi connectivity index (χ0n) is 14.6. The normalized spacial score (nSPS) is 16.5. The van der Waals surface area contributed by atoms with E-state index in [4.69, 9.17) is 0 Å². The van der Waals surface area contributed by atoms with Crippen LogP contribution < -0.4 is 0 Å². The van der Waals surface area contributed by atoms with Crippen molar-refractivity contribution in [3.8, 4) is 0 Å². The van der Waals surface area contributed by atoms with Gasteiger partial charge in [-0.1, -0.05) is 23.3 Å². The van der Waals surface area contributed by atoms with Crippen molar-refractivity contribution in [3.05, 3.63) is 47.3 Å². The molecule has 1 aliphatic rings. The molecule has 1 aromatic rings. The number of nitrogens with one attached hydrogen (secondary N) is 1. The number of rotatable bonds is 6. The molecular formula is C19H29N3O. The monoisotopic (exact) mass is 315 g/mol. The van der Waals surface area contributed by atoms with Gasteiger partial charge in [0.05, 0.1) is 0 Å². The summed E-state index contributed by atoms with van der Waals surface area (Å²) in [6.07, 6.45) is 8.69. The third-order valence-corrected chi connectivity index (χ3v) is 4.28. The average Bonchev–Trinajstić information content (AvgIpc) is 3.07. The standard InChI is InChI=1S/C19H29N3O/c1-16(2)6-4-7-17(3)9-11-21-12-14-22(15-13-21)19(23)18-8-5-10-20-18/h5-6,8-10,20H,4,7,11-15H2,1-3H3. The van der Waals surface area contributed by atoms with Crippen molar-refractivity contribution in [1.29, 1.82) is 0 Å². The van der Waals surface area contributed by atoms with Gasteiger partial charge in [0.15, 0.2) is 0 Å². The van der Waals surface area contributed by atoms with Crippen LogP contribution in [-0.2, 0) is 0 Å². The van der Waals surface area contributed by atoms with Crippen molar-refractivity contribution < 1.29 is 4.79 Å². The summed E-state index contributed by atoms with van der Waals surface area (Å²) in [7, 11) is 0. The topological polar surface area (TPSA) is 39.3 Å². The largest absolute Gasteiger partial charge is 0.357 e. The van der Waals surface area contributed by atoms with Crippen molar-refractivity contribution in [2.75, 3.05) is 32.7 Å². The van der Waals surface area contributed by atoms with Crippen LogP contribution in [0.1, 0.15) is 44.1 Å². The summed E-state index contributed by atoms with van der Waals surface area (Å²) in [5.74, 6) is 0.114. The highest BCUT2D eigenvalue weighted by atomic mass is 16.2. The molecule has 23 heavy (non-hydrogen) atoms. The maximum Gasteiger partial charge on any atom is 0.270 e. The highest BCUT2D eigenvalue weighted by molar-refractivity contribution is 5.92. The molecule has 0 aromatic carbocycles. The summed E-state index contributed by atoms with van der Waals surface area (Å²) < 4.78 is 0. The van der Waals surface area contributed by atoms with Crippen molar-refractivity contribution in [2.45, 2.75) is 33.6 Å². The van der Waals surface area contributed by atoms with E-state index in [1.807, 2.05) is 17.0 Å². The van der Waals surface area contributed by atoms with Gasteiger partial charge in [0.2, 0.25) is 0 Å². The second-order valence-corrected chi connectivity index (χ2v) is 6.55. The van der Waals surface area contributed by atoms with Crippen LogP contribution in [-0.4, -0.2) is 53.4 Å². The molecule has 1 saturated heterocycles. The van der Waals surface area contributed by atoms with E-state index in [1.165, 1.54) is 11.1 Å². The van der Waals surface area contributed by atoms with E-state index in [2.05, 4.69) is 42.8 Å². The molecule has 1 aromatic heterocycles. The van der Waals surface area contributed by atoms with Gasteiger partial charge in [0, 0.05) is 38.9 Å². The second-order valence-electron chi connectivity index (χ2n) is 6.55. The lowest BCUT2D eigenvalue weighted by Crippen LogP contribution is -2.48. The van der Waals surface area contributed by atoms with Crippen LogP contribution in [0.2, 0.25) is 0 Å². The fourth-order valence-corrected chi connectivity index (χ4v) is 2.74. The highest BCUT2D eigenvalue weighted by Crippen LogP contribution is 2.10. The Morgan fingerprint density at radius 2 is 1.91 bits per heavy atom. The summed E-state index contributed by atoms with van der Waals surface area (Å²) >= 11 is 0. The summed E-state index contributed by atoms with van der Waals surface area (Å²) in [4.78, 5) is 19.6. The van der Waals surface area contributed by atoms with Gasteiger partial charge in [-0.25, -0.2) is 0 Å². The number of hydrogen-bond donors (Lipinski definition) is 1. The van der Waals surface area contributed by atoms with E-state index in [0.29, 0.717) is 5.69 Å². The van der Waals surface area contributed by atoms with Crippen LogP contribution in [0.25, 0.3) is 0 Å². The third kappa shape index (κ3) is 5.71. The first-order valence-electron chi connectivity index (χ1n) is 8.50. The van der Waals surface area contributed by atoms with Gasteiger partial charge in [0.25, 0.3) is 5.91 Å². The van der Waals surface area contributed by atoms with Crippen molar-refractivity contribution >= 4 is 5.91 Å². The number of carbonyl (C=O) groups excluding carboxylic acids is 1. The number of allylic oxidation sites excluding steroid dienone is 3. The quantitative estimate of drug-likeness (QED) is 0.817. The minimum atomic E-state index is 0.114. The molecule has 0 atom stereocenters. The Morgan fingerprint density at radius 1 is 1.17 bits per heavy atom. The van der Waals surface area contributed by atoms with Gasteiger partial charge < -0.3 is 9.88 Å². The van der Waals surface area contributed by atoms with E-state index in [1.54, 1.807) is 6.20 Å². The highest BCUT2D eigenvalue weighted by Gasteiger charge is 2.21. The first kappa shape index (κ1) is 17.5. The van der Waals surface area contributed by atoms with Gasteiger partial charge in [-0.2, -0.15) is 0 Å². The summed E-state index contributed by atoms with van der Waals surface area (Å²) in [6, 6.07) is 3.71.